The summed E-state index contributed by atoms with van der Waals surface area (Å²) >= 11 is 12.0. The van der Waals surface area contributed by atoms with E-state index in [-0.39, 0.29) is 6.61 Å². The number of aliphatic hydroxyl groups excluding tert-OH is 1. The molecule has 1 aliphatic carbocycles. The molecular weight excluding hydrogens is 245 g/mol. The molecule has 16 heavy (non-hydrogen) atoms. The van der Waals surface area contributed by atoms with Crippen molar-refractivity contribution < 1.29 is 5.11 Å². The molecule has 0 aromatic heterocycles. The van der Waals surface area contributed by atoms with Gasteiger partial charge in [-0.3, -0.25) is 4.90 Å². The fraction of sp³-hybridized carbons (Fsp3) is 0.500. The predicted molar refractivity (Wildman–Crippen MR) is 67.0 cm³/mol. The Morgan fingerprint density at radius 2 is 2.06 bits per heavy atom. The Hall–Kier alpha value is -0.280. The molecule has 0 saturated heterocycles. The first-order valence-electron chi connectivity index (χ1n) is 5.49. The summed E-state index contributed by atoms with van der Waals surface area (Å²) in [5.41, 5.74) is 1.08. The van der Waals surface area contributed by atoms with Gasteiger partial charge in [-0.1, -0.05) is 29.3 Å². The van der Waals surface area contributed by atoms with Gasteiger partial charge in [-0.05, 0) is 30.5 Å². The highest BCUT2D eigenvalue weighted by molar-refractivity contribution is 6.35. The second kappa shape index (κ2) is 5.37. The highest BCUT2D eigenvalue weighted by Crippen LogP contribution is 2.30. The van der Waals surface area contributed by atoms with Gasteiger partial charge in [0, 0.05) is 29.2 Å². The molecule has 0 unspecified atom stereocenters. The van der Waals surface area contributed by atoms with E-state index in [1.165, 1.54) is 12.8 Å². The fourth-order valence-electron chi connectivity index (χ4n) is 1.83. The molecule has 0 radical (unpaired) electrons. The van der Waals surface area contributed by atoms with E-state index in [0.717, 1.165) is 12.1 Å². The Labute approximate surface area is 106 Å². The van der Waals surface area contributed by atoms with Crippen LogP contribution in [0.4, 0.5) is 0 Å². The molecule has 0 heterocycles. The van der Waals surface area contributed by atoms with Crippen LogP contribution in [-0.2, 0) is 6.54 Å². The predicted octanol–water partition coefficient (Wildman–Crippen LogP) is 2.95. The quantitative estimate of drug-likeness (QED) is 0.879. The fourth-order valence-corrected chi connectivity index (χ4v) is 2.30. The van der Waals surface area contributed by atoms with E-state index >= 15 is 0 Å². The minimum Gasteiger partial charge on any atom is -0.395 e. The van der Waals surface area contributed by atoms with Gasteiger partial charge in [0.05, 0.1) is 6.61 Å². The first-order chi connectivity index (χ1) is 7.70. The van der Waals surface area contributed by atoms with Crippen molar-refractivity contribution in [2.24, 2.45) is 0 Å². The van der Waals surface area contributed by atoms with Crippen LogP contribution in [0.25, 0.3) is 0 Å². The molecule has 0 bridgehead atoms. The highest BCUT2D eigenvalue weighted by atomic mass is 35.5. The molecule has 4 heteroatoms. The van der Waals surface area contributed by atoms with Crippen molar-refractivity contribution in [3.05, 3.63) is 33.8 Å². The number of halogens is 2. The van der Waals surface area contributed by atoms with E-state index in [1.54, 1.807) is 6.07 Å². The monoisotopic (exact) mass is 259 g/mol. The lowest BCUT2D eigenvalue weighted by atomic mass is 10.2. The summed E-state index contributed by atoms with van der Waals surface area (Å²) in [7, 11) is 0. The smallest absolute Gasteiger partial charge is 0.0558 e. The molecule has 1 aromatic carbocycles. The van der Waals surface area contributed by atoms with Crippen molar-refractivity contribution in [3.63, 3.8) is 0 Å². The third-order valence-electron chi connectivity index (χ3n) is 2.84. The number of aliphatic hydroxyl groups is 1. The van der Waals surface area contributed by atoms with Gasteiger partial charge < -0.3 is 5.11 Å². The lowest BCUT2D eigenvalue weighted by Crippen LogP contribution is -2.28. The Morgan fingerprint density at radius 1 is 1.31 bits per heavy atom. The third kappa shape index (κ3) is 3.11. The van der Waals surface area contributed by atoms with Gasteiger partial charge in [0.15, 0.2) is 0 Å². The number of nitrogens with zero attached hydrogens (tertiary/aromatic N) is 1. The second-order valence-corrected chi connectivity index (χ2v) is 5.00. The van der Waals surface area contributed by atoms with Gasteiger partial charge in [-0.15, -0.1) is 0 Å². The zero-order chi connectivity index (χ0) is 11.5. The van der Waals surface area contributed by atoms with E-state index in [9.17, 15) is 0 Å². The van der Waals surface area contributed by atoms with Crippen molar-refractivity contribution in [1.82, 2.24) is 4.90 Å². The Bertz CT molecular complexity index is 366. The van der Waals surface area contributed by atoms with Crippen molar-refractivity contribution in [1.29, 1.82) is 0 Å². The van der Waals surface area contributed by atoms with Gasteiger partial charge in [-0.2, -0.15) is 0 Å². The average molecular weight is 260 g/mol. The van der Waals surface area contributed by atoms with Crippen molar-refractivity contribution in [2.75, 3.05) is 13.2 Å². The van der Waals surface area contributed by atoms with E-state index in [2.05, 4.69) is 4.90 Å². The summed E-state index contributed by atoms with van der Waals surface area (Å²) < 4.78 is 0. The number of rotatable bonds is 5. The molecular formula is C12H15Cl2NO. The van der Waals surface area contributed by atoms with Gasteiger partial charge >= 0.3 is 0 Å². The average Bonchev–Trinajstić information content (AvgIpc) is 3.04. The van der Waals surface area contributed by atoms with Crippen molar-refractivity contribution in [3.8, 4) is 0 Å². The zero-order valence-corrected chi connectivity index (χ0v) is 10.5. The van der Waals surface area contributed by atoms with Crippen molar-refractivity contribution >= 4 is 23.2 Å². The second-order valence-electron chi connectivity index (χ2n) is 4.16. The van der Waals surface area contributed by atoms with Crippen molar-refractivity contribution in [2.45, 2.75) is 25.4 Å². The van der Waals surface area contributed by atoms with E-state index in [4.69, 9.17) is 28.3 Å². The molecule has 0 aliphatic heterocycles. The molecule has 1 aliphatic rings. The minimum atomic E-state index is 0.196. The SMILES string of the molecule is OCCN(Cc1ccc(Cl)cc1Cl)C1CC1. The number of hydrogen-bond donors (Lipinski definition) is 1. The lowest BCUT2D eigenvalue weighted by Gasteiger charge is -2.21. The van der Waals surface area contributed by atoms with Crippen LogP contribution in [0.15, 0.2) is 18.2 Å². The van der Waals surface area contributed by atoms with Crippen LogP contribution < -0.4 is 0 Å². The Kier molecular flexibility index (Phi) is 4.09. The molecule has 0 amide bonds. The van der Waals surface area contributed by atoms with Gasteiger partial charge in [-0.25, -0.2) is 0 Å². The molecule has 0 spiro atoms. The molecule has 1 aromatic rings. The van der Waals surface area contributed by atoms with Crippen LogP contribution >= 0.6 is 23.2 Å². The maximum Gasteiger partial charge on any atom is 0.0558 e. The molecule has 1 saturated carbocycles. The molecule has 1 N–H and O–H groups in total. The molecule has 2 nitrogen and oxygen atoms in total. The van der Waals surface area contributed by atoms with E-state index < -0.39 is 0 Å². The summed E-state index contributed by atoms with van der Waals surface area (Å²) in [4.78, 5) is 2.27. The summed E-state index contributed by atoms with van der Waals surface area (Å²) in [5, 5.41) is 10.4. The minimum absolute atomic E-state index is 0.196. The lowest BCUT2D eigenvalue weighted by molar-refractivity contribution is 0.183. The molecule has 88 valence electrons. The topological polar surface area (TPSA) is 23.5 Å². The first kappa shape index (κ1) is 12.2. The largest absolute Gasteiger partial charge is 0.395 e. The van der Waals surface area contributed by atoms with Gasteiger partial charge in [0.1, 0.15) is 0 Å². The standard InChI is InChI=1S/C12H15Cl2NO/c13-10-2-1-9(12(14)7-10)8-15(5-6-16)11-3-4-11/h1-2,7,11,16H,3-6,8H2. The third-order valence-corrected chi connectivity index (χ3v) is 3.43. The summed E-state index contributed by atoms with van der Waals surface area (Å²) in [6.45, 7) is 1.70. The molecule has 0 atom stereocenters. The molecule has 2 rings (SSSR count). The van der Waals surface area contributed by atoms with E-state index in [1.807, 2.05) is 12.1 Å². The normalized spacial score (nSPS) is 15.8. The summed E-state index contributed by atoms with van der Waals surface area (Å²) in [6, 6.07) is 6.20. The van der Waals surface area contributed by atoms with Crippen LogP contribution in [0.1, 0.15) is 18.4 Å². The number of hydrogen-bond acceptors (Lipinski definition) is 2. The Balaban J connectivity index is 2.05. The van der Waals surface area contributed by atoms with Crippen LogP contribution in [-0.4, -0.2) is 29.2 Å². The summed E-state index contributed by atoms with van der Waals surface area (Å²) in [5.74, 6) is 0. The number of benzene rings is 1. The van der Waals surface area contributed by atoms with Crippen LogP contribution in [0, 0.1) is 0 Å². The zero-order valence-electron chi connectivity index (χ0n) is 9.00. The summed E-state index contributed by atoms with van der Waals surface area (Å²) in [6.07, 6.45) is 2.45. The first-order valence-corrected chi connectivity index (χ1v) is 6.25. The van der Waals surface area contributed by atoms with Crippen LogP contribution in [0.2, 0.25) is 10.0 Å². The van der Waals surface area contributed by atoms with E-state index in [0.29, 0.717) is 22.6 Å². The van der Waals surface area contributed by atoms with Crippen LogP contribution in [0.3, 0.4) is 0 Å². The highest BCUT2D eigenvalue weighted by Gasteiger charge is 2.28. The van der Waals surface area contributed by atoms with Crippen LogP contribution in [0.5, 0.6) is 0 Å². The van der Waals surface area contributed by atoms with Gasteiger partial charge in [0.25, 0.3) is 0 Å². The Morgan fingerprint density at radius 3 is 2.62 bits per heavy atom. The van der Waals surface area contributed by atoms with Gasteiger partial charge in [0.2, 0.25) is 0 Å². The maximum absolute atomic E-state index is 9.01. The maximum atomic E-state index is 9.01. The molecule has 1 fully saturated rings.